The zero-order chi connectivity index (χ0) is 13.8. The summed E-state index contributed by atoms with van der Waals surface area (Å²) in [5.41, 5.74) is 9.03. The fraction of sp³-hybridized carbons (Fsp3) is 0.250. The van der Waals surface area contributed by atoms with E-state index in [9.17, 15) is 4.39 Å². The summed E-state index contributed by atoms with van der Waals surface area (Å²) in [5, 5.41) is 0. The number of benzene rings is 2. The lowest BCUT2D eigenvalue weighted by molar-refractivity contribution is 0.290. The van der Waals surface area contributed by atoms with Crippen LogP contribution < -0.4 is 10.5 Å². The van der Waals surface area contributed by atoms with Gasteiger partial charge in [-0.15, -0.1) is 0 Å². The molecule has 0 heterocycles. The number of nitrogens with two attached hydrogens (primary N) is 1. The lowest BCUT2D eigenvalue weighted by atomic mass is 10.1. The molecule has 0 fully saturated rings. The number of hydrogen-bond donors (Lipinski definition) is 1. The van der Waals surface area contributed by atoms with Crippen LogP contribution >= 0.6 is 0 Å². The van der Waals surface area contributed by atoms with E-state index in [1.165, 1.54) is 12.1 Å². The second kappa shape index (κ2) is 5.85. The SMILES string of the molecule is Cc1cc(C)cc(OCC(N)c2cccc(F)c2)c1. The van der Waals surface area contributed by atoms with Crippen LogP contribution in [0.5, 0.6) is 5.75 Å². The second-order valence-corrected chi connectivity index (χ2v) is 4.80. The van der Waals surface area contributed by atoms with Crippen LogP contribution in [0.1, 0.15) is 22.7 Å². The van der Waals surface area contributed by atoms with Gasteiger partial charge in [-0.2, -0.15) is 0 Å². The molecule has 0 saturated heterocycles. The Morgan fingerprint density at radius 3 is 2.42 bits per heavy atom. The van der Waals surface area contributed by atoms with Crippen LogP contribution in [0.2, 0.25) is 0 Å². The molecular formula is C16H18FNO. The average molecular weight is 259 g/mol. The molecule has 1 atom stereocenters. The van der Waals surface area contributed by atoms with Crippen molar-refractivity contribution in [3.05, 3.63) is 65.0 Å². The van der Waals surface area contributed by atoms with Crippen LogP contribution in [0, 0.1) is 19.7 Å². The van der Waals surface area contributed by atoms with Crippen LogP contribution in [-0.4, -0.2) is 6.61 Å². The van der Waals surface area contributed by atoms with Gasteiger partial charge in [0, 0.05) is 0 Å². The summed E-state index contributed by atoms with van der Waals surface area (Å²) in [7, 11) is 0. The lowest BCUT2D eigenvalue weighted by Gasteiger charge is -2.14. The molecule has 0 aromatic heterocycles. The summed E-state index contributed by atoms with van der Waals surface area (Å²) in [6, 6.07) is 12.0. The molecule has 0 saturated carbocycles. The van der Waals surface area contributed by atoms with Crippen molar-refractivity contribution < 1.29 is 9.13 Å². The quantitative estimate of drug-likeness (QED) is 0.911. The van der Waals surface area contributed by atoms with Crippen molar-refractivity contribution >= 4 is 0 Å². The molecule has 2 aromatic rings. The predicted octanol–water partition coefficient (Wildman–Crippen LogP) is 3.52. The lowest BCUT2D eigenvalue weighted by Crippen LogP contribution is -2.19. The van der Waals surface area contributed by atoms with E-state index in [1.807, 2.05) is 26.0 Å². The summed E-state index contributed by atoms with van der Waals surface area (Å²) in [6.45, 7) is 4.37. The van der Waals surface area contributed by atoms with Gasteiger partial charge in [-0.25, -0.2) is 4.39 Å². The Bertz CT molecular complexity index is 548. The van der Waals surface area contributed by atoms with Gasteiger partial charge in [0.2, 0.25) is 0 Å². The molecule has 2 N–H and O–H groups in total. The van der Waals surface area contributed by atoms with Crippen LogP contribution in [0.4, 0.5) is 4.39 Å². The molecule has 0 aliphatic carbocycles. The summed E-state index contributed by atoms with van der Waals surface area (Å²) < 4.78 is 18.8. The maximum atomic E-state index is 13.1. The first-order valence-electron chi connectivity index (χ1n) is 6.27. The molecule has 0 amide bonds. The molecule has 0 spiro atoms. The number of halogens is 1. The first kappa shape index (κ1) is 13.6. The largest absolute Gasteiger partial charge is 0.492 e. The van der Waals surface area contributed by atoms with Crippen molar-refractivity contribution in [3.8, 4) is 5.75 Å². The van der Waals surface area contributed by atoms with Crippen LogP contribution in [0.25, 0.3) is 0 Å². The Balaban J connectivity index is 2.02. The topological polar surface area (TPSA) is 35.2 Å². The molecular weight excluding hydrogens is 241 g/mol. The number of hydrogen-bond acceptors (Lipinski definition) is 2. The van der Waals surface area contributed by atoms with Gasteiger partial charge in [-0.3, -0.25) is 0 Å². The minimum Gasteiger partial charge on any atom is -0.492 e. The molecule has 1 unspecified atom stereocenters. The fourth-order valence-electron chi connectivity index (χ4n) is 2.04. The Morgan fingerprint density at radius 1 is 1.11 bits per heavy atom. The zero-order valence-electron chi connectivity index (χ0n) is 11.2. The van der Waals surface area contributed by atoms with Gasteiger partial charge in [-0.05, 0) is 54.8 Å². The third-order valence-corrected chi connectivity index (χ3v) is 2.90. The van der Waals surface area contributed by atoms with Crippen LogP contribution in [-0.2, 0) is 0 Å². The maximum Gasteiger partial charge on any atom is 0.123 e. The molecule has 2 rings (SSSR count). The number of ether oxygens (including phenoxy) is 1. The summed E-state index contributed by atoms with van der Waals surface area (Å²) in [5.74, 6) is 0.517. The highest BCUT2D eigenvalue weighted by atomic mass is 19.1. The van der Waals surface area contributed by atoms with Gasteiger partial charge in [0.25, 0.3) is 0 Å². The molecule has 0 bridgehead atoms. The Hall–Kier alpha value is -1.87. The molecule has 19 heavy (non-hydrogen) atoms. The minimum atomic E-state index is -0.337. The highest BCUT2D eigenvalue weighted by Gasteiger charge is 2.08. The minimum absolute atomic E-state index is 0.278. The van der Waals surface area contributed by atoms with E-state index in [0.717, 1.165) is 22.4 Å². The highest BCUT2D eigenvalue weighted by Crippen LogP contribution is 2.18. The van der Waals surface area contributed by atoms with E-state index in [1.54, 1.807) is 12.1 Å². The Labute approximate surface area is 113 Å². The summed E-state index contributed by atoms with van der Waals surface area (Å²) >= 11 is 0. The first-order chi connectivity index (χ1) is 9.04. The third-order valence-electron chi connectivity index (χ3n) is 2.90. The van der Waals surface area contributed by atoms with Crippen LogP contribution in [0.15, 0.2) is 42.5 Å². The van der Waals surface area contributed by atoms with E-state index >= 15 is 0 Å². The normalized spacial score (nSPS) is 12.2. The van der Waals surface area contributed by atoms with Gasteiger partial charge in [-0.1, -0.05) is 18.2 Å². The molecule has 2 aromatic carbocycles. The highest BCUT2D eigenvalue weighted by molar-refractivity contribution is 5.33. The summed E-state index contributed by atoms with van der Waals surface area (Å²) in [6.07, 6.45) is 0. The average Bonchev–Trinajstić information content (AvgIpc) is 2.35. The van der Waals surface area contributed by atoms with Crippen molar-refractivity contribution in [2.75, 3.05) is 6.61 Å². The smallest absolute Gasteiger partial charge is 0.123 e. The maximum absolute atomic E-state index is 13.1. The molecule has 3 heteroatoms. The molecule has 2 nitrogen and oxygen atoms in total. The molecule has 0 aliphatic heterocycles. The standard InChI is InChI=1S/C16H18FNO/c1-11-6-12(2)8-15(7-11)19-10-16(18)13-4-3-5-14(17)9-13/h3-9,16H,10,18H2,1-2H3. The molecule has 100 valence electrons. The Morgan fingerprint density at radius 2 is 1.79 bits per heavy atom. The number of aryl methyl sites for hydroxylation is 2. The van der Waals surface area contributed by atoms with E-state index in [0.29, 0.717) is 6.61 Å². The second-order valence-electron chi connectivity index (χ2n) is 4.80. The van der Waals surface area contributed by atoms with Gasteiger partial charge >= 0.3 is 0 Å². The van der Waals surface area contributed by atoms with Gasteiger partial charge in [0.1, 0.15) is 18.2 Å². The van der Waals surface area contributed by atoms with E-state index in [4.69, 9.17) is 10.5 Å². The van der Waals surface area contributed by atoms with Crippen molar-refractivity contribution in [2.24, 2.45) is 5.73 Å². The monoisotopic (exact) mass is 259 g/mol. The van der Waals surface area contributed by atoms with Crippen molar-refractivity contribution in [1.29, 1.82) is 0 Å². The van der Waals surface area contributed by atoms with E-state index in [-0.39, 0.29) is 11.9 Å². The zero-order valence-corrected chi connectivity index (χ0v) is 11.2. The van der Waals surface area contributed by atoms with Crippen molar-refractivity contribution in [3.63, 3.8) is 0 Å². The summed E-state index contributed by atoms with van der Waals surface area (Å²) in [4.78, 5) is 0. The van der Waals surface area contributed by atoms with Gasteiger partial charge < -0.3 is 10.5 Å². The van der Waals surface area contributed by atoms with E-state index in [2.05, 4.69) is 6.07 Å². The number of rotatable bonds is 4. The van der Waals surface area contributed by atoms with Gasteiger partial charge in [0.05, 0.1) is 6.04 Å². The van der Waals surface area contributed by atoms with Crippen LogP contribution in [0.3, 0.4) is 0 Å². The van der Waals surface area contributed by atoms with Gasteiger partial charge in [0.15, 0.2) is 0 Å². The third kappa shape index (κ3) is 3.80. The van der Waals surface area contributed by atoms with Crippen molar-refractivity contribution in [1.82, 2.24) is 0 Å². The van der Waals surface area contributed by atoms with Crippen molar-refractivity contribution in [2.45, 2.75) is 19.9 Å². The molecule has 0 radical (unpaired) electrons. The Kier molecular flexibility index (Phi) is 4.17. The molecule has 0 aliphatic rings. The van der Waals surface area contributed by atoms with E-state index < -0.39 is 0 Å². The predicted molar refractivity (Wildman–Crippen MR) is 74.7 cm³/mol. The fourth-order valence-corrected chi connectivity index (χ4v) is 2.04. The first-order valence-corrected chi connectivity index (χ1v) is 6.27.